The number of halogens is 1. The number of para-hydroxylation sites is 1. The molecule has 1 heterocycles. The lowest BCUT2D eigenvalue weighted by atomic mass is 10.2. The summed E-state index contributed by atoms with van der Waals surface area (Å²) in [6.07, 6.45) is 1.82. The number of aromatic nitrogens is 1. The number of anilines is 1. The highest BCUT2D eigenvalue weighted by atomic mass is 35.5. The van der Waals surface area contributed by atoms with E-state index < -0.39 is 0 Å². The number of hydrogen-bond acceptors (Lipinski definition) is 5. The number of nitrogens with zero attached hydrogens (tertiary/aromatic N) is 2. The van der Waals surface area contributed by atoms with E-state index in [4.69, 9.17) is 11.6 Å². The summed E-state index contributed by atoms with van der Waals surface area (Å²) in [5, 5.41) is 5.88. The van der Waals surface area contributed by atoms with Gasteiger partial charge in [-0.1, -0.05) is 65.0 Å². The van der Waals surface area contributed by atoms with E-state index in [1.54, 1.807) is 23.1 Å². The van der Waals surface area contributed by atoms with Crippen molar-refractivity contribution < 1.29 is 0 Å². The Morgan fingerprint density at radius 1 is 0.962 bits per heavy atom. The van der Waals surface area contributed by atoms with E-state index in [0.717, 1.165) is 35.7 Å². The van der Waals surface area contributed by atoms with Crippen LogP contribution in [-0.4, -0.2) is 11.2 Å². The highest BCUT2D eigenvalue weighted by Crippen LogP contribution is 2.30. The number of hydrogen-bond donors (Lipinski definition) is 1. The first-order valence-corrected chi connectivity index (χ1v) is 9.96. The average molecular weight is 396 g/mol. The van der Waals surface area contributed by atoms with Crippen molar-refractivity contribution in [1.82, 2.24) is 4.98 Å². The molecule has 0 saturated carbocycles. The molecular weight excluding hydrogens is 382 g/mol. The SMILES string of the molecule is Clc1ccc(Sc2ccccc2/C=N\Nc2nc3ccccc3s2)cc1. The molecule has 3 nitrogen and oxygen atoms in total. The van der Waals surface area contributed by atoms with E-state index in [0.29, 0.717) is 0 Å². The lowest BCUT2D eigenvalue weighted by Crippen LogP contribution is -1.91. The second-order valence-electron chi connectivity index (χ2n) is 5.45. The fourth-order valence-corrected chi connectivity index (χ4v) is 4.24. The maximum atomic E-state index is 5.96. The van der Waals surface area contributed by atoms with Crippen molar-refractivity contribution in [2.45, 2.75) is 9.79 Å². The average Bonchev–Trinajstić information content (AvgIpc) is 3.08. The molecule has 0 amide bonds. The van der Waals surface area contributed by atoms with E-state index in [2.05, 4.69) is 27.6 Å². The highest BCUT2D eigenvalue weighted by Gasteiger charge is 2.04. The lowest BCUT2D eigenvalue weighted by Gasteiger charge is -2.05. The van der Waals surface area contributed by atoms with Gasteiger partial charge in [-0.25, -0.2) is 4.98 Å². The van der Waals surface area contributed by atoms with E-state index in [1.807, 2.05) is 66.9 Å². The van der Waals surface area contributed by atoms with Crippen LogP contribution in [0.2, 0.25) is 5.02 Å². The summed E-state index contributed by atoms with van der Waals surface area (Å²) in [5.41, 5.74) is 5.05. The summed E-state index contributed by atoms with van der Waals surface area (Å²) >= 11 is 9.23. The number of thiazole rings is 1. The zero-order valence-corrected chi connectivity index (χ0v) is 16.0. The molecule has 26 heavy (non-hydrogen) atoms. The van der Waals surface area contributed by atoms with Crippen LogP contribution >= 0.6 is 34.7 Å². The molecule has 0 radical (unpaired) electrons. The summed E-state index contributed by atoms with van der Waals surface area (Å²) in [5.74, 6) is 0. The van der Waals surface area contributed by atoms with Crippen molar-refractivity contribution in [3.05, 3.63) is 83.4 Å². The van der Waals surface area contributed by atoms with E-state index >= 15 is 0 Å². The van der Waals surface area contributed by atoms with Crippen molar-refractivity contribution in [3.63, 3.8) is 0 Å². The van der Waals surface area contributed by atoms with Gasteiger partial charge in [0.2, 0.25) is 5.13 Å². The number of nitrogens with one attached hydrogen (secondary N) is 1. The molecule has 0 atom stereocenters. The van der Waals surface area contributed by atoms with Crippen molar-refractivity contribution in [3.8, 4) is 0 Å². The summed E-state index contributed by atoms with van der Waals surface area (Å²) < 4.78 is 1.14. The van der Waals surface area contributed by atoms with Gasteiger partial charge in [-0.3, -0.25) is 5.43 Å². The van der Waals surface area contributed by atoms with Crippen LogP contribution < -0.4 is 5.43 Å². The third-order valence-corrected chi connectivity index (χ3v) is 5.91. The highest BCUT2D eigenvalue weighted by molar-refractivity contribution is 7.99. The van der Waals surface area contributed by atoms with E-state index in [-0.39, 0.29) is 0 Å². The first-order valence-electron chi connectivity index (χ1n) is 7.95. The summed E-state index contributed by atoms with van der Waals surface area (Å²) in [7, 11) is 0. The van der Waals surface area contributed by atoms with Crippen LogP contribution in [0.15, 0.2) is 87.7 Å². The Kier molecular flexibility index (Phi) is 5.20. The standard InChI is InChI=1S/C20H14ClN3S2/c21-15-9-11-16(12-10-15)25-18-7-3-1-5-14(18)13-22-24-20-23-17-6-2-4-8-19(17)26-20/h1-13H,(H,23,24)/b22-13-. The molecular formula is C20H14ClN3S2. The van der Waals surface area contributed by atoms with Gasteiger partial charge in [-0.05, 0) is 42.5 Å². The number of benzene rings is 3. The Morgan fingerprint density at radius 2 is 1.73 bits per heavy atom. The predicted molar refractivity (Wildman–Crippen MR) is 113 cm³/mol. The zero-order chi connectivity index (χ0) is 17.8. The Labute approximate surface area is 164 Å². The maximum Gasteiger partial charge on any atom is 0.204 e. The second kappa shape index (κ2) is 7.91. The normalized spacial score (nSPS) is 11.3. The van der Waals surface area contributed by atoms with Crippen molar-refractivity contribution in [1.29, 1.82) is 0 Å². The zero-order valence-electron chi connectivity index (χ0n) is 13.6. The molecule has 4 aromatic rings. The van der Waals surface area contributed by atoms with Crippen molar-refractivity contribution >= 4 is 56.3 Å². The minimum absolute atomic E-state index is 0.740. The largest absolute Gasteiger partial charge is 0.253 e. The Balaban J connectivity index is 1.50. The summed E-state index contributed by atoms with van der Waals surface area (Å²) in [6, 6.07) is 24.0. The smallest absolute Gasteiger partial charge is 0.204 e. The molecule has 0 saturated heterocycles. The Hall–Kier alpha value is -2.34. The van der Waals surface area contributed by atoms with Gasteiger partial charge in [0.25, 0.3) is 0 Å². The molecule has 0 spiro atoms. The van der Waals surface area contributed by atoms with Crippen molar-refractivity contribution in [2.75, 3.05) is 5.43 Å². The Bertz CT molecular complexity index is 1030. The molecule has 4 rings (SSSR count). The molecule has 0 fully saturated rings. The third kappa shape index (κ3) is 4.07. The van der Waals surface area contributed by atoms with Gasteiger partial charge in [-0.15, -0.1) is 0 Å². The number of fused-ring (bicyclic) bond motifs is 1. The summed E-state index contributed by atoms with van der Waals surface area (Å²) in [4.78, 5) is 6.78. The van der Waals surface area contributed by atoms with Crippen LogP contribution in [-0.2, 0) is 0 Å². The monoisotopic (exact) mass is 395 g/mol. The predicted octanol–water partition coefficient (Wildman–Crippen LogP) is 6.55. The van der Waals surface area contributed by atoms with Crippen LogP contribution in [0.1, 0.15) is 5.56 Å². The molecule has 6 heteroatoms. The molecule has 1 N–H and O–H groups in total. The van der Waals surface area contributed by atoms with E-state index in [9.17, 15) is 0 Å². The Morgan fingerprint density at radius 3 is 2.58 bits per heavy atom. The van der Waals surface area contributed by atoms with Crippen molar-refractivity contribution in [2.24, 2.45) is 5.10 Å². The van der Waals surface area contributed by atoms with Crippen LogP contribution in [0.5, 0.6) is 0 Å². The fourth-order valence-electron chi connectivity index (χ4n) is 2.39. The molecule has 0 aliphatic carbocycles. The van der Waals surface area contributed by atoms with Gasteiger partial charge < -0.3 is 0 Å². The van der Waals surface area contributed by atoms with Gasteiger partial charge in [0.15, 0.2) is 0 Å². The van der Waals surface area contributed by atoms with Gasteiger partial charge in [0.05, 0.1) is 16.4 Å². The minimum atomic E-state index is 0.740. The van der Waals surface area contributed by atoms with Gasteiger partial charge in [0.1, 0.15) is 0 Å². The van der Waals surface area contributed by atoms with Gasteiger partial charge in [0, 0.05) is 20.4 Å². The quantitative estimate of drug-likeness (QED) is 0.307. The molecule has 128 valence electrons. The minimum Gasteiger partial charge on any atom is -0.253 e. The molecule has 1 aromatic heterocycles. The van der Waals surface area contributed by atoms with Gasteiger partial charge >= 0.3 is 0 Å². The lowest BCUT2D eigenvalue weighted by molar-refractivity contribution is 1.30. The molecule has 0 unspecified atom stereocenters. The van der Waals surface area contributed by atoms with E-state index in [1.165, 1.54) is 0 Å². The number of hydrazone groups is 1. The first kappa shape index (κ1) is 17.1. The molecule has 0 aliphatic heterocycles. The molecule has 3 aromatic carbocycles. The second-order valence-corrected chi connectivity index (χ2v) is 8.03. The van der Waals surface area contributed by atoms with Crippen LogP contribution in [0, 0.1) is 0 Å². The number of rotatable bonds is 5. The first-order chi connectivity index (χ1) is 12.8. The summed E-state index contributed by atoms with van der Waals surface area (Å²) in [6.45, 7) is 0. The van der Waals surface area contributed by atoms with Crippen LogP contribution in [0.4, 0.5) is 5.13 Å². The fraction of sp³-hybridized carbons (Fsp3) is 0. The molecule has 0 aliphatic rings. The maximum absolute atomic E-state index is 5.96. The topological polar surface area (TPSA) is 37.3 Å². The van der Waals surface area contributed by atoms with Gasteiger partial charge in [-0.2, -0.15) is 5.10 Å². The third-order valence-electron chi connectivity index (χ3n) is 3.62. The molecule has 0 bridgehead atoms. The van der Waals surface area contributed by atoms with Crippen LogP contribution in [0.3, 0.4) is 0 Å². The van der Waals surface area contributed by atoms with Crippen LogP contribution in [0.25, 0.3) is 10.2 Å².